The normalized spacial score (nSPS) is 25.8. The van der Waals surface area contributed by atoms with Gasteiger partial charge in [-0.25, -0.2) is 0 Å². The molecule has 30 heavy (non-hydrogen) atoms. The number of amides is 5. The van der Waals surface area contributed by atoms with E-state index in [4.69, 9.17) is 11.5 Å². The molecular formula is C17H30N8O5. The second kappa shape index (κ2) is 11.6. The molecule has 0 radical (unpaired) electrons. The number of hydrogen-bond acceptors (Lipinski definition) is 6. The molecule has 1 saturated heterocycles. The highest BCUT2D eigenvalue weighted by atomic mass is 16.2. The highest BCUT2D eigenvalue weighted by Gasteiger charge is 2.30. The molecule has 4 atom stereocenters. The van der Waals surface area contributed by atoms with E-state index in [-0.39, 0.29) is 25.5 Å². The van der Waals surface area contributed by atoms with Crippen molar-refractivity contribution in [2.45, 2.75) is 57.8 Å². The summed E-state index contributed by atoms with van der Waals surface area (Å²) < 4.78 is 0. The molecule has 1 aliphatic rings. The summed E-state index contributed by atoms with van der Waals surface area (Å²) in [4.78, 5) is 65.0. The Morgan fingerprint density at radius 3 is 2.20 bits per heavy atom. The summed E-state index contributed by atoms with van der Waals surface area (Å²) in [5.74, 6) is -2.93. The molecule has 1 rings (SSSR count). The van der Waals surface area contributed by atoms with Crippen molar-refractivity contribution in [3.05, 3.63) is 0 Å². The van der Waals surface area contributed by atoms with Crippen LogP contribution in [0, 0.1) is 0 Å². The van der Waals surface area contributed by atoms with Crippen LogP contribution in [0.5, 0.6) is 0 Å². The van der Waals surface area contributed by atoms with Crippen molar-refractivity contribution >= 4 is 35.5 Å². The quantitative estimate of drug-likeness (QED) is 0.132. The van der Waals surface area contributed by atoms with Gasteiger partial charge < -0.3 is 38.1 Å². The molecule has 168 valence electrons. The molecule has 0 spiro atoms. The minimum absolute atomic E-state index is 0.0891. The van der Waals surface area contributed by atoms with Crippen molar-refractivity contribution in [1.29, 1.82) is 0 Å². The van der Waals surface area contributed by atoms with Crippen molar-refractivity contribution in [1.82, 2.24) is 26.6 Å². The summed E-state index contributed by atoms with van der Waals surface area (Å²) in [6.45, 7) is 4.17. The molecule has 1 aliphatic heterocycles. The van der Waals surface area contributed by atoms with Gasteiger partial charge in [-0.05, 0) is 26.7 Å². The van der Waals surface area contributed by atoms with E-state index in [1.807, 2.05) is 0 Å². The van der Waals surface area contributed by atoms with Crippen LogP contribution in [-0.2, 0) is 24.0 Å². The molecule has 1 fully saturated rings. The van der Waals surface area contributed by atoms with Crippen molar-refractivity contribution in [2.24, 2.45) is 16.5 Å². The van der Waals surface area contributed by atoms with Crippen molar-refractivity contribution in [3.63, 3.8) is 0 Å². The van der Waals surface area contributed by atoms with Gasteiger partial charge in [-0.1, -0.05) is 0 Å². The first kappa shape index (κ1) is 24.7. The molecule has 0 saturated carbocycles. The molecule has 1 heterocycles. The molecule has 0 bridgehead atoms. The van der Waals surface area contributed by atoms with E-state index in [1.54, 1.807) is 0 Å². The van der Waals surface area contributed by atoms with Gasteiger partial charge in [-0.2, -0.15) is 0 Å². The maximum Gasteiger partial charge on any atom is 0.245 e. The molecule has 5 amide bonds. The number of guanidine groups is 1. The topological polar surface area (TPSA) is 210 Å². The van der Waals surface area contributed by atoms with Gasteiger partial charge in [0.05, 0.1) is 0 Å². The lowest BCUT2D eigenvalue weighted by molar-refractivity contribution is -0.133. The minimum atomic E-state index is -1.08. The zero-order chi connectivity index (χ0) is 22.8. The predicted octanol–water partition coefficient (Wildman–Crippen LogP) is -3.83. The van der Waals surface area contributed by atoms with E-state index in [2.05, 4.69) is 31.6 Å². The van der Waals surface area contributed by atoms with Gasteiger partial charge in [-0.3, -0.25) is 29.0 Å². The molecule has 13 nitrogen and oxygen atoms in total. The summed E-state index contributed by atoms with van der Waals surface area (Å²) in [5.41, 5.74) is 10.5. The Morgan fingerprint density at radius 2 is 1.60 bits per heavy atom. The lowest BCUT2D eigenvalue weighted by atomic mass is 10.1. The molecule has 9 N–H and O–H groups in total. The number of rotatable bonds is 5. The number of nitrogens with zero attached hydrogens (tertiary/aromatic N) is 1. The Labute approximate surface area is 174 Å². The fourth-order valence-electron chi connectivity index (χ4n) is 2.64. The third-order valence-electron chi connectivity index (χ3n) is 4.26. The van der Waals surface area contributed by atoms with E-state index in [0.29, 0.717) is 6.42 Å². The Balaban J connectivity index is 3.01. The monoisotopic (exact) mass is 426 g/mol. The van der Waals surface area contributed by atoms with Crippen molar-refractivity contribution in [3.8, 4) is 0 Å². The average Bonchev–Trinajstić information content (AvgIpc) is 2.65. The van der Waals surface area contributed by atoms with Gasteiger partial charge in [0.2, 0.25) is 29.5 Å². The van der Waals surface area contributed by atoms with Crippen molar-refractivity contribution in [2.75, 3.05) is 13.1 Å². The molecule has 0 aromatic rings. The summed E-state index contributed by atoms with van der Waals surface area (Å²) in [5, 5.41) is 12.5. The molecule has 13 heteroatoms. The molecule has 0 aromatic heterocycles. The maximum absolute atomic E-state index is 12.6. The third kappa shape index (κ3) is 8.32. The van der Waals surface area contributed by atoms with Crippen LogP contribution in [0.4, 0.5) is 0 Å². The predicted molar refractivity (Wildman–Crippen MR) is 108 cm³/mol. The lowest BCUT2D eigenvalue weighted by Crippen LogP contribution is -2.56. The van der Waals surface area contributed by atoms with Gasteiger partial charge in [0.15, 0.2) is 5.96 Å². The molecule has 0 aliphatic carbocycles. The summed E-state index contributed by atoms with van der Waals surface area (Å²) in [6, 6.07) is -3.97. The fourth-order valence-corrected chi connectivity index (χ4v) is 2.64. The number of nitrogens with two attached hydrogens (primary N) is 2. The van der Waals surface area contributed by atoms with Crippen molar-refractivity contribution < 1.29 is 24.0 Å². The molecular weight excluding hydrogens is 396 g/mol. The number of hydrogen-bond donors (Lipinski definition) is 7. The SMILES string of the molecule is CC(=O)N[C@H]1CNC(=O)[C@H](C)NC(=O)C(CCCN=C(N)N)NC(=O)[C@H](C)NC1=O. The highest BCUT2D eigenvalue weighted by Crippen LogP contribution is 2.02. The Morgan fingerprint density at radius 1 is 1.00 bits per heavy atom. The first-order chi connectivity index (χ1) is 14.0. The number of carbonyl (C=O) groups is 5. The minimum Gasteiger partial charge on any atom is -0.370 e. The number of carbonyl (C=O) groups excluding carboxylic acids is 5. The van der Waals surface area contributed by atoms with E-state index in [1.165, 1.54) is 20.8 Å². The first-order valence-corrected chi connectivity index (χ1v) is 9.52. The van der Waals surface area contributed by atoms with Crippen LogP contribution in [-0.4, -0.2) is 72.8 Å². The largest absolute Gasteiger partial charge is 0.370 e. The Bertz CT molecular complexity index is 706. The van der Waals surface area contributed by atoms with E-state index >= 15 is 0 Å². The molecule has 0 aromatic carbocycles. The second-order valence-electron chi connectivity index (χ2n) is 6.97. The van der Waals surface area contributed by atoms with Crippen LogP contribution < -0.4 is 38.1 Å². The zero-order valence-electron chi connectivity index (χ0n) is 17.3. The van der Waals surface area contributed by atoms with Crippen LogP contribution in [0.25, 0.3) is 0 Å². The van der Waals surface area contributed by atoms with Crippen LogP contribution in [0.15, 0.2) is 4.99 Å². The summed E-state index contributed by atoms with van der Waals surface area (Å²) in [6.07, 6.45) is 0.597. The van der Waals surface area contributed by atoms with Crippen LogP contribution in [0.2, 0.25) is 0 Å². The van der Waals surface area contributed by atoms with E-state index in [0.717, 1.165) is 0 Å². The van der Waals surface area contributed by atoms with Gasteiger partial charge in [0, 0.05) is 20.0 Å². The second-order valence-corrected chi connectivity index (χ2v) is 6.97. The fraction of sp³-hybridized carbons (Fsp3) is 0.647. The van der Waals surface area contributed by atoms with E-state index in [9.17, 15) is 24.0 Å². The third-order valence-corrected chi connectivity index (χ3v) is 4.26. The Hall–Kier alpha value is -3.38. The van der Waals surface area contributed by atoms with Gasteiger partial charge in [0.25, 0.3) is 0 Å². The summed E-state index contributed by atoms with van der Waals surface area (Å²) in [7, 11) is 0. The number of aliphatic imine (C=N–C) groups is 1. The standard InChI is InChI=1S/C17H30N8O5/c1-8-13(27)21-7-12(24-10(3)26)16(30)23-9(2)14(28)25-11(15(29)22-8)5-4-6-20-17(18)19/h8-9,11-12H,4-7H2,1-3H3,(H,21,27)(H,22,29)(H,23,30)(H,24,26)(H,25,28)(H4,18,19,20)/t8-,9-,11?,12-/m0/s1. The maximum atomic E-state index is 12.6. The Kier molecular flexibility index (Phi) is 9.52. The van der Waals surface area contributed by atoms with Gasteiger partial charge in [0.1, 0.15) is 24.2 Å². The number of nitrogens with one attached hydrogen (secondary N) is 5. The lowest BCUT2D eigenvalue weighted by Gasteiger charge is -2.22. The molecule has 1 unspecified atom stereocenters. The van der Waals surface area contributed by atoms with Gasteiger partial charge >= 0.3 is 0 Å². The zero-order valence-corrected chi connectivity index (χ0v) is 17.3. The summed E-state index contributed by atoms with van der Waals surface area (Å²) >= 11 is 0. The van der Waals surface area contributed by atoms with E-state index < -0.39 is 53.7 Å². The highest BCUT2D eigenvalue weighted by molar-refractivity contribution is 5.96. The average molecular weight is 426 g/mol. The van der Waals surface area contributed by atoms with Crippen LogP contribution in [0.3, 0.4) is 0 Å². The smallest absolute Gasteiger partial charge is 0.245 e. The van der Waals surface area contributed by atoms with Gasteiger partial charge in [-0.15, -0.1) is 0 Å². The first-order valence-electron chi connectivity index (χ1n) is 9.52. The van der Waals surface area contributed by atoms with Crippen LogP contribution in [0.1, 0.15) is 33.6 Å². The van der Waals surface area contributed by atoms with Crippen LogP contribution >= 0.6 is 0 Å².